The van der Waals surface area contributed by atoms with Gasteiger partial charge >= 0.3 is 0 Å². The van der Waals surface area contributed by atoms with Gasteiger partial charge in [-0.1, -0.05) is 29.8 Å². The van der Waals surface area contributed by atoms with Crippen LogP contribution in [-0.2, 0) is 10.0 Å². The van der Waals surface area contributed by atoms with Gasteiger partial charge < -0.3 is 4.90 Å². The van der Waals surface area contributed by atoms with Gasteiger partial charge in [0.15, 0.2) is 0 Å². The van der Waals surface area contributed by atoms with Gasteiger partial charge in [-0.15, -0.1) is 0 Å². The summed E-state index contributed by atoms with van der Waals surface area (Å²) in [6.07, 6.45) is 0.938. The first-order chi connectivity index (χ1) is 9.51. The zero-order valence-corrected chi connectivity index (χ0v) is 14.7. The summed E-state index contributed by atoms with van der Waals surface area (Å²) >= 11 is 3.30. The summed E-state index contributed by atoms with van der Waals surface area (Å²) in [7, 11) is -3.85. The largest absolute Gasteiger partial charge is 0.338 e. The number of hydrogen-bond acceptors (Lipinski definition) is 3. The molecule has 7 heteroatoms. The molecular weight excluding hydrogens is 356 g/mol. The number of nitrogens with zero attached hydrogens (tertiary/aromatic N) is 1. The van der Waals surface area contributed by atoms with E-state index in [-0.39, 0.29) is 16.2 Å². The lowest BCUT2D eigenvalue weighted by molar-refractivity contribution is 0.0777. The molecule has 0 aromatic heterocycles. The Morgan fingerprint density at radius 3 is 2.48 bits per heavy atom. The van der Waals surface area contributed by atoms with Crippen molar-refractivity contribution in [1.82, 2.24) is 4.90 Å². The van der Waals surface area contributed by atoms with Crippen molar-refractivity contribution in [3.63, 3.8) is 0 Å². The van der Waals surface area contributed by atoms with Crippen LogP contribution >= 0.6 is 15.9 Å². The normalized spacial score (nSPS) is 18.0. The Balaban J connectivity index is 2.44. The minimum Gasteiger partial charge on any atom is -0.338 e. The highest BCUT2D eigenvalue weighted by Crippen LogP contribution is 2.31. The summed E-state index contributed by atoms with van der Waals surface area (Å²) in [5.41, 5.74) is 1.20. The number of carbonyl (C=O) groups is 1. The second-order valence-corrected chi connectivity index (χ2v) is 8.68. The van der Waals surface area contributed by atoms with Crippen LogP contribution in [0.3, 0.4) is 0 Å². The van der Waals surface area contributed by atoms with Crippen molar-refractivity contribution in [2.75, 3.05) is 13.1 Å². The predicted molar refractivity (Wildman–Crippen MR) is 84.6 cm³/mol. The van der Waals surface area contributed by atoms with Crippen molar-refractivity contribution < 1.29 is 13.2 Å². The summed E-state index contributed by atoms with van der Waals surface area (Å²) in [6, 6.07) is 2.79. The molecule has 0 radical (unpaired) electrons. The fourth-order valence-corrected chi connectivity index (χ4v) is 3.67. The van der Waals surface area contributed by atoms with Gasteiger partial charge in [-0.2, -0.15) is 0 Å². The maximum Gasteiger partial charge on any atom is 0.254 e. The Kier molecular flexibility index (Phi) is 4.21. The third kappa shape index (κ3) is 3.46. The number of nitrogens with two attached hydrogens (primary N) is 1. The van der Waals surface area contributed by atoms with Crippen LogP contribution < -0.4 is 5.14 Å². The second-order valence-electron chi connectivity index (χ2n) is 6.26. The second kappa shape index (κ2) is 5.37. The van der Waals surface area contributed by atoms with Crippen LogP contribution in [0, 0.1) is 12.3 Å². The number of primary sulfonamides is 1. The lowest BCUT2D eigenvalue weighted by Crippen LogP contribution is -2.31. The van der Waals surface area contributed by atoms with E-state index < -0.39 is 10.0 Å². The maximum absolute atomic E-state index is 12.7. The number of benzene rings is 1. The molecule has 0 unspecified atom stereocenters. The van der Waals surface area contributed by atoms with Crippen LogP contribution in [-0.4, -0.2) is 32.3 Å². The molecule has 21 heavy (non-hydrogen) atoms. The molecule has 0 spiro atoms. The summed E-state index contributed by atoms with van der Waals surface area (Å²) in [5, 5.41) is 5.17. The highest BCUT2D eigenvalue weighted by molar-refractivity contribution is 9.10. The third-order valence-electron chi connectivity index (χ3n) is 3.84. The van der Waals surface area contributed by atoms with Crippen LogP contribution in [0.1, 0.15) is 36.2 Å². The standard InChI is InChI=1S/C14H19BrN2O3S/c1-9-11(6-10(7-12(9)15)21(16,19)20)13(18)17-5-4-14(2,3)8-17/h6-7H,4-5,8H2,1-3H3,(H2,16,19,20). The SMILES string of the molecule is Cc1c(Br)cc(S(N)(=O)=O)cc1C(=O)N1CCC(C)(C)C1. The summed E-state index contributed by atoms with van der Waals surface area (Å²) in [5.74, 6) is -0.149. The molecule has 0 bridgehead atoms. The van der Waals surface area contributed by atoms with Gasteiger partial charge in [-0.05, 0) is 36.5 Å². The molecule has 2 N–H and O–H groups in total. The highest BCUT2D eigenvalue weighted by Gasteiger charge is 2.33. The van der Waals surface area contributed by atoms with E-state index in [2.05, 4.69) is 29.8 Å². The van der Waals surface area contributed by atoms with Crippen molar-refractivity contribution >= 4 is 31.9 Å². The molecule has 1 fully saturated rings. The number of amides is 1. The van der Waals surface area contributed by atoms with E-state index >= 15 is 0 Å². The number of hydrogen-bond donors (Lipinski definition) is 1. The Morgan fingerprint density at radius 1 is 1.38 bits per heavy atom. The maximum atomic E-state index is 12.7. The van der Waals surface area contributed by atoms with Crippen LogP contribution in [0.5, 0.6) is 0 Å². The first-order valence-corrected chi connectivity index (χ1v) is 8.97. The van der Waals surface area contributed by atoms with Gasteiger partial charge in [0.25, 0.3) is 5.91 Å². The minimum atomic E-state index is -3.85. The number of likely N-dealkylation sites (tertiary alicyclic amines) is 1. The molecule has 1 aromatic carbocycles. The predicted octanol–water partition coefficient (Wildman–Crippen LogP) is 2.28. The number of halogens is 1. The van der Waals surface area contributed by atoms with E-state index in [4.69, 9.17) is 5.14 Å². The van der Waals surface area contributed by atoms with E-state index in [1.807, 2.05) is 0 Å². The molecule has 5 nitrogen and oxygen atoms in total. The summed E-state index contributed by atoms with van der Waals surface area (Å²) < 4.78 is 23.6. The Labute approximate surface area is 133 Å². The molecule has 1 heterocycles. The zero-order valence-electron chi connectivity index (χ0n) is 12.3. The topological polar surface area (TPSA) is 80.5 Å². The fraction of sp³-hybridized carbons (Fsp3) is 0.500. The molecule has 1 aromatic rings. The molecule has 0 atom stereocenters. The monoisotopic (exact) mass is 374 g/mol. The quantitative estimate of drug-likeness (QED) is 0.861. The van der Waals surface area contributed by atoms with Crippen molar-refractivity contribution in [2.24, 2.45) is 10.6 Å². The van der Waals surface area contributed by atoms with Gasteiger partial charge in [0, 0.05) is 23.1 Å². The third-order valence-corrected chi connectivity index (χ3v) is 5.56. The van der Waals surface area contributed by atoms with Crippen molar-refractivity contribution in [3.05, 3.63) is 27.7 Å². The van der Waals surface area contributed by atoms with Crippen LogP contribution in [0.15, 0.2) is 21.5 Å². The molecule has 0 aliphatic carbocycles. The molecule has 116 valence electrons. The molecule has 0 saturated carbocycles. The zero-order chi connectivity index (χ0) is 16.0. The molecular formula is C14H19BrN2O3S. The molecule has 2 rings (SSSR count). The lowest BCUT2D eigenvalue weighted by atomic mass is 9.93. The van der Waals surface area contributed by atoms with Gasteiger partial charge in [0.1, 0.15) is 0 Å². The van der Waals surface area contributed by atoms with Gasteiger partial charge in [-0.25, -0.2) is 13.6 Å². The summed E-state index contributed by atoms with van der Waals surface area (Å²) in [6.45, 7) is 7.37. The van der Waals surface area contributed by atoms with E-state index in [1.165, 1.54) is 12.1 Å². The number of rotatable bonds is 2. The lowest BCUT2D eigenvalue weighted by Gasteiger charge is -2.21. The van der Waals surface area contributed by atoms with Crippen molar-refractivity contribution in [3.8, 4) is 0 Å². The van der Waals surface area contributed by atoms with E-state index in [0.717, 1.165) is 12.0 Å². The Bertz CT molecular complexity index is 698. The smallest absolute Gasteiger partial charge is 0.254 e. The van der Waals surface area contributed by atoms with Gasteiger partial charge in [0.2, 0.25) is 10.0 Å². The number of sulfonamides is 1. The molecule has 1 aliphatic heterocycles. The average Bonchev–Trinajstić information content (AvgIpc) is 2.71. The molecule has 1 amide bonds. The fourth-order valence-electron chi connectivity index (χ4n) is 2.50. The molecule has 1 aliphatic rings. The first kappa shape index (κ1) is 16.5. The summed E-state index contributed by atoms with van der Waals surface area (Å²) in [4.78, 5) is 14.4. The van der Waals surface area contributed by atoms with Crippen molar-refractivity contribution in [2.45, 2.75) is 32.1 Å². The van der Waals surface area contributed by atoms with E-state index in [0.29, 0.717) is 23.1 Å². The van der Waals surface area contributed by atoms with Gasteiger partial charge in [-0.3, -0.25) is 4.79 Å². The van der Waals surface area contributed by atoms with Crippen molar-refractivity contribution in [1.29, 1.82) is 0 Å². The average molecular weight is 375 g/mol. The van der Waals surface area contributed by atoms with Gasteiger partial charge in [0.05, 0.1) is 4.90 Å². The van der Waals surface area contributed by atoms with E-state index in [1.54, 1.807) is 11.8 Å². The minimum absolute atomic E-state index is 0.0539. The Hall–Kier alpha value is -0.920. The van der Waals surface area contributed by atoms with Crippen LogP contribution in [0.2, 0.25) is 0 Å². The first-order valence-electron chi connectivity index (χ1n) is 6.63. The highest BCUT2D eigenvalue weighted by atomic mass is 79.9. The molecule has 1 saturated heterocycles. The Morgan fingerprint density at radius 2 is 2.00 bits per heavy atom. The van der Waals surface area contributed by atoms with Crippen LogP contribution in [0.25, 0.3) is 0 Å². The van der Waals surface area contributed by atoms with Crippen LogP contribution in [0.4, 0.5) is 0 Å². The van der Waals surface area contributed by atoms with E-state index in [9.17, 15) is 13.2 Å². The number of carbonyl (C=O) groups excluding carboxylic acids is 1.